The smallest absolute Gasteiger partial charge is 0.329 e. The van der Waals surface area contributed by atoms with Gasteiger partial charge in [-0.25, -0.2) is 4.79 Å². The topological polar surface area (TPSA) is 192 Å². The average Bonchev–Trinajstić information content (AvgIpc) is 4.04. The van der Waals surface area contributed by atoms with Crippen molar-refractivity contribution in [2.75, 3.05) is 26.7 Å². The van der Waals surface area contributed by atoms with Gasteiger partial charge in [-0.3, -0.25) is 33.6 Å². The molecule has 16 nitrogen and oxygen atoms in total. The van der Waals surface area contributed by atoms with Crippen LogP contribution in [0.4, 0.5) is 0 Å². The summed E-state index contributed by atoms with van der Waals surface area (Å²) in [6.07, 6.45) is 0.372. The Kier molecular flexibility index (Phi) is 16.4. The first-order valence-corrected chi connectivity index (χ1v) is 23.0. The summed E-state index contributed by atoms with van der Waals surface area (Å²) in [6, 6.07) is 3.91. The molecule has 1 aromatic rings. The molecule has 4 heterocycles. The van der Waals surface area contributed by atoms with Crippen LogP contribution in [0.15, 0.2) is 30.3 Å². The molecule has 10 atom stereocenters. The maximum Gasteiger partial charge on any atom is 0.329 e. The maximum absolute atomic E-state index is 14.8. The highest BCUT2D eigenvalue weighted by molar-refractivity contribution is 5.97. The van der Waals surface area contributed by atoms with Gasteiger partial charge in [-0.2, -0.15) is 0 Å². The van der Waals surface area contributed by atoms with E-state index in [1.54, 1.807) is 34.6 Å². The van der Waals surface area contributed by atoms with E-state index in [-0.39, 0.29) is 32.0 Å². The number of benzene rings is 1. The zero-order valence-corrected chi connectivity index (χ0v) is 38.8. The molecule has 4 aliphatic rings. The van der Waals surface area contributed by atoms with Gasteiger partial charge in [-0.05, 0) is 88.0 Å². The first-order chi connectivity index (χ1) is 29.7. The molecule has 1 aromatic carbocycles. The number of hydrogen-bond donors (Lipinski definition) is 2. The standard InChI is InChI=1S/C47H70N6O10/c1-26(2)36-30(8)46(60)62-31(9)42(56)53-24-16-21-35(53)47(61)63-39(28(5)6)45(59)50(10)38(27(3)4)44(58)52-23-15-20-34(52)41(55)49-37(29(7)25-32-17-12-11-13-18-32)43(57)51-22-14-19-33(51)40(54)48-36/h11-13,17-18,26-31,33-39H,14-16,19-25H2,1-10H3,(H,48,54)(H,49,55)/t29?,30?,31-,33-,34-,35-,36?,37?,38-,39-/m0/s1. The first kappa shape index (κ1) is 49.0. The molecule has 0 saturated carbocycles. The van der Waals surface area contributed by atoms with Crippen molar-refractivity contribution in [2.24, 2.45) is 29.6 Å². The Balaban J connectivity index is 1.54. The second-order valence-corrected chi connectivity index (χ2v) is 19.1. The monoisotopic (exact) mass is 879 g/mol. The zero-order valence-electron chi connectivity index (χ0n) is 38.8. The molecule has 348 valence electrons. The number of likely N-dealkylation sites (N-methyl/N-ethyl adjacent to an activating group) is 1. The zero-order chi connectivity index (χ0) is 46.4. The van der Waals surface area contributed by atoms with E-state index < -0.39 is 120 Å². The van der Waals surface area contributed by atoms with Crippen LogP contribution in [0.3, 0.4) is 0 Å². The quantitative estimate of drug-likeness (QED) is 0.402. The molecule has 0 radical (unpaired) electrons. The molecule has 0 spiro atoms. The lowest BCUT2D eigenvalue weighted by atomic mass is 9.91. The third-order valence-electron chi connectivity index (χ3n) is 13.3. The SMILES string of the molecule is CC(C)C1NC(=O)[C@@H]2CCCN2C(=O)C(C(C)Cc2ccccc2)NC(=O)[C@@H]2CCCN2C(=O)[C@H](C(C)C)N(C)C(=O)[C@H](C(C)C)OC(=O)[C@@H]2CCCN2C(=O)[C@H](C)OC(=O)C1C. The lowest BCUT2D eigenvalue weighted by Crippen LogP contribution is -2.61. The minimum absolute atomic E-state index is 0.206. The van der Waals surface area contributed by atoms with Crippen LogP contribution in [0.5, 0.6) is 0 Å². The van der Waals surface area contributed by atoms with E-state index in [1.165, 1.54) is 33.6 Å². The number of fused-ring (bicyclic) bond motifs is 3. The minimum atomic E-state index is -1.30. The van der Waals surface area contributed by atoms with Crippen molar-refractivity contribution < 1.29 is 47.8 Å². The molecule has 4 aliphatic heterocycles. The number of carbonyl (C=O) groups is 8. The Hall–Kier alpha value is -5.02. The number of cyclic esters (lactones) is 2. The molecule has 4 fully saturated rings. The highest BCUT2D eigenvalue weighted by atomic mass is 16.6. The number of carbonyl (C=O) groups excluding carboxylic acids is 8. The van der Waals surface area contributed by atoms with Crippen LogP contribution in [-0.4, -0.2) is 142 Å². The molecular formula is C47H70N6O10. The van der Waals surface area contributed by atoms with Crippen LogP contribution in [0, 0.1) is 29.6 Å². The van der Waals surface area contributed by atoms with Gasteiger partial charge in [0.2, 0.25) is 23.6 Å². The van der Waals surface area contributed by atoms with E-state index in [0.717, 1.165) is 5.56 Å². The molecule has 0 aliphatic carbocycles. The van der Waals surface area contributed by atoms with Crippen LogP contribution in [0.1, 0.15) is 106 Å². The summed E-state index contributed by atoms with van der Waals surface area (Å²) in [5, 5.41) is 6.05. The predicted molar refractivity (Wildman–Crippen MR) is 233 cm³/mol. The highest BCUT2D eigenvalue weighted by Gasteiger charge is 2.47. The van der Waals surface area contributed by atoms with Crippen LogP contribution < -0.4 is 10.6 Å². The summed E-state index contributed by atoms with van der Waals surface area (Å²) in [6.45, 7) is 16.4. The summed E-state index contributed by atoms with van der Waals surface area (Å²) in [4.78, 5) is 120. The highest BCUT2D eigenvalue weighted by Crippen LogP contribution is 2.29. The van der Waals surface area contributed by atoms with Gasteiger partial charge in [0, 0.05) is 32.7 Å². The molecule has 0 bridgehead atoms. The Morgan fingerprint density at radius 2 is 1.13 bits per heavy atom. The first-order valence-electron chi connectivity index (χ1n) is 23.0. The van der Waals surface area contributed by atoms with Gasteiger partial charge in [-0.15, -0.1) is 0 Å². The fourth-order valence-electron chi connectivity index (χ4n) is 9.78. The van der Waals surface area contributed by atoms with Gasteiger partial charge < -0.3 is 39.7 Å². The number of esters is 2. The third-order valence-corrected chi connectivity index (χ3v) is 13.3. The lowest BCUT2D eigenvalue weighted by Gasteiger charge is -2.38. The summed E-state index contributed by atoms with van der Waals surface area (Å²) in [5.74, 6) is -7.03. The number of ether oxygens (including phenoxy) is 2. The Labute approximate surface area is 372 Å². The van der Waals surface area contributed by atoms with E-state index in [4.69, 9.17) is 9.47 Å². The van der Waals surface area contributed by atoms with E-state index in [2.05, 4.69) is 10.6 Å². The van der Waals surface area contributed by atoms with Gasteiger partial charge in [0.25, 0.3) is 11.8 Å². The van der Waals surface area contributed by atoms with Gasteiger partial charge in [0.1, 0.15) is 30.2 Å². The molecule has 4 saturated heterocycles. The van der Waals surface area contributed by atoms with Crippen molar-refractivity contribution in [1.29, 1.82) is 0 Å². The second-order valence-electron chi connectivity index (χ2n) is 19.1. The number of nitrogens with one attached hydrogen (secondary N) is 2. The van der Waals surface area contributed by atoms with Crippen molar-refractivity contribution >= 4 is 47.4 Å². The lowest BCUT2D eigenvalue weighted by molar-refractivity contribution is -0.172. The third kappa shape index (κ3) is 11.0. The van der Waals surface area contributed by atoms with Crippen LogP contribution in [0.2, 0.25) is 0 Å². The van der Waals surface area contributed by atoms with Gasteiger partial charge >= 0.3 is 11.9 Å². The molecule has 16 heteroatoms. The molecule has 4 unspecified atom stereocenters. The summed E-state index contributed by atoms with van der Waals surface area (Å²) in [7, 11) is 1.49. The normalized spacial score (nSPS) is 30.7. The molecule has 0 aromatic heterocycles. The molecule has 5 rings (SSSR count). The molecule has 63 heavy (non-hydrogen) atoms. The summed E-state index contributed by atoms with van der Waals surface area (Å²) >= 11 is 0. The van der Waals surface area contributed by atoms with Crippen LogP contribution >= 0.6 is 0 Å². The predicted octanol–water partition coefficient (Wildman–Crippen LogP) is 3.10. The summed E-state index contributed by atoms with van der Waals surface area (Å²) < 4.78 is 11.6. The van der Waals surface area contributed by atoms with E-state index >= 15 is 0 Å². The van der Waals surface area contributed by atoms with Crippen molar-refractivity contribution in [1.82, 2.24) is 30.2 Å². The van der Waals surface area contributed by atoms with Gasteiger partial charge in [0.15, 0.2) is 12.2 Å². The number of rotatable bonds is 6. The van der Waals surface area contributed by atoms with E-state index in [0.29, 0.717) is 38.5 Å². The van der Waals surface area contributed by atoms with Crippen molar-refractivity contribution in [3.05, 3.63) is 35.9 Å². The fourth-order valence-corrected chi connectivity index (χ4v) is 9.78. The fraction of sp³-hybridized carbons (Fsp3) is 0.702. The maximum atomic E-state index is 14.8. The van der Waals surface area contributed by atoms with Crippen molar-refractivity contribution in [3.8, 4) is 0 Å². The number of nitrogens with zero attached hydrogens (tertiary/aromatic N) is 4. The van der Waals surface area contributed by atoms with Gasteiger partial charge in [-0.1, -0.05) is 78.8 Å². The van der Waals surface area contributed by atoms with Crippen LogP contribution in [-0.2, 0) is 54.3 Å². The van der Waals surface area contributed by atoms with Gasteiger partial charge in [0.05, 0.1) is 5.92 Å². The Morgan fingerprint density at radius 1 is 0.603 bits per heavy atom. The number of amides is 6. The Bertz CT molecular complexity index is 1860. The average molecular weight is 879 g/mol. The molecule has 2 N–H and O–H groups in total. The number of hydrogen-bond acceptors (Lipinski definition) is 10. The second kappa shape index (κ2) is 21.1. The van der Waals surface area contributed by atoms with E-state index in [1.807, 2.05) is 51.1 Å². The van der Waals surface area contributed by atoms with Crippen molar-refractivity contribution in [3.63, 3.8) is 0 Å². The molecule has 6 amide bonds. The Morgan fingerprint density at radius 3 is 1.67 bits per heavy atom. The van der Waals surface area contributed by atoms with Crippen LogP contribution in [0.25, 0.3) is 0 Å². The summed E-state index contributed by atoms with van der Waals surface area (Å²) in [5.41, 5.74) is 0.954. The largest absolute Gasteiger partial charge is 0.452 e. The van der Waals surface area contributed by atoms with E-state index in [9.17, 15) is 38.4 Å². The minimum Gasteiger partial charge on any atom is -0.452 e. The van der Waals surface area contributed by atoms with Crippen molar-refractivity contribution in [2.45, 2.75) is 156 Å². The molecular weight excluding hydrogens is 809 g/mol.